The van der Waals surface area contributed by atoms with Gasteiger partial charge in [-0.3, -0.25) is 0 Å². The van der Waals surface area contributed by atoms with Crippen molar-refractivity contribution >= 4 is 33.1 Å². The van der Waals surface area contributed by atoms with Gasteiger partial charge >= 0.3 is 0 Å². The van der Waals surface area contributed by atoms with Crippen LogP contribution in [0.25, 0.3) is 0 Å². The van der Waals surface area contributed by atoms with E-state index in [1.54, 1.807) is 11.3 Å². The molecule has 19 heavy (non-hydrogen) atoms. The Morgan fingerprint density at radius 2 is 2.26 bits per heavy atom. The summed E-state index contributed by atoms with van der Waals surface area (Å²) in [6.07, 6.45) is 1.83. The Morgan fingerprint density at radius 3 is 2.89 bits per heavy atom. The average Bonchev–Trinajstić information content (AvgIpc) is 2.75. The van der Waals surface area contributed by atoms with Crippen molar-refractivity contribution in [3.05, 3.63) is 38.4 Å². The molecule has 6 heteroatoms. The number of nitrogens with zero attached hydrogens (tertiary/aromatic N) is 3. The van der Waals surface area contributed by atoms with Crippen molar-refractivity contribution in [1.29, 1.82) is 0 Å². The van der Waals surface area contributed by atoms with Gasteiger partial charge in [-0.1, -0.05) is 0 Å². The lowest BCUT2D eigenvalue weighted by Crippen LogP contribution is -2.21. The first-order valence-corrected chi connectivity index (χ1v) is 7.68. The maximum atomic E-state index is 4.51. The number of hydrogen-bond acceptors (Lipinski definition) is 5. The average molecular weight is 341 g/mol. The first-order valence-electron chi connectivity index (χ1n) is 6.01. The fraction of sp³-hybridized carbons (Fsp3) is 0.385. The number of halogens is 1. The minimum Gasteiger partial charge on any atom is -0.353 e. The predicted molar refractivity (Wildman–Crippen MR) is 83.7 cm³/mol. The van der Waals surface area contributed by atoms with E-state index < -0.39 is 0 Å². The number of nitrogens with one attached hydrogen (secondary N) is 1. The van der Waals surface area contributed by atoms with Gasteiger partial charge in [0.25, 0.3) is 0 Å². The second-order valence-corrected chi connectivity index (χ2v) is 6.36. The van der Waals surface area contributed by atoms with Crippen molar-refractivity contribution in [2.75, 3.05) is 19.0 Å². The molecule has 0 spiro atoms. The standard InChI is InChI=1S/C13H17BrN4S/c1-9-17-12(8-19-9)7-18(3)13-10(5-15-2)4-11(14)6-16-13/h4,6,8,15H,5,7H2,1-3H3. The van der Waals surface area contributed by atoms with Crippen molar-refractivity contribution in [3.8, 4) is 0 Å². The molecule has 2 heterocycles. The van der Waals surface area contributed by atoms with Crippen LogP contribution in [0.2, 0.25) is 0 Å². The van der Waals surface area contributed by atoms with Crippen LogP contribution in [0.1, 0.15) is 16.3 Å². The molecule has 2 rings (SSSR count). The fourth-order valence-corrected chi connectivity index (χ4v) is 2.92. The fourth-order valence-electron chi connectivity index (χ4n) is 1.94. The molecule has 4 nitrogen and oxygen atoms in total. The molecule has 0 bridgehead atoms. The smallest absolute Gasteiger partial charge is 0.133 e. The molecule has 102 valence electrons. The SMILES string of the molecule is CNCc1cc(Br)cnc1N(C)Cc1csc(C)n1. The normalized spacial score (nSPS) is 10.7. The summed E-state index contributed by atoms with van der Waals surface area (Å²) in [5, 5.41) is 6.37. The van der Waals surface area contributed by atoms with E-state index in [2.05, 4.69) is 47.6 Å². The van der Waals surface area contributed by atoms with Crippen molar-refractivity contribution in [2.24, 2.45) is 0 Å². The molecule has 0 aromatic carbocycles. The van der Waals surface area contributed by atoms with Crippen LogP contribution in [0.4, 0.5) is 5.82 Å². The number of anilines is 1. The Morgan fingerprint density at radius 1 is 1.47 bits per heavy atom. The molecule has 1 N–H and O–H groups in total. The molecule has 0 unspecified atom stereocenters. The first-order chi connectivity index (χ1) is 9.10. The van der Waals surface area contributed by atoms with E-state index in [4.69, 9.17) is 0 Å². The Bertz CT molecular complexity index is 555. The third-order valence-electron chi connectivity index (χ3n) is 2.70. The largest absolute Gasteiger partial charge is 0.353 e. The third-order valence-corrected chi connectivity index (χ3v) is 3.96. The van der Waals surface area contributed by atoms with E-state index in [1.807, 2.05) is 27.2 Å². The van der Waals surface area contributed by atoms with Crippen molar-refractivity contribution < 1.29 is 0 Å². The Labute approximate surface area is 126 Å². The minimum atomic E-state index is 0.773. The number of thiazole rings is 1. The highest BCUT2D eigenvalue weighted by Crippen LogP contribution is 2.22. The van der Waals surface area contributed by atoms with Gasteiger partial charge < -0.3 is 10.2 Å². The molecule has 0 saturated heterocycles. The summed E-state index contributed by atoms with van der Waals surface area (Å²) in [5.74, 6) is 0.989. The van der Waals surface area contributed by atoms with Gasteiger partial charge in [0.1, 0.15) is 5.82 Å². The van der Waals surface area contributed by atoms with E-state index >= 15 is 0 Å². The van der Waals surface area contributed by atoms with Crippen molar-refractivity contribution in [1.82, 2.24) is 15.3 Å². The molecule has 2 aromatic rings. The van der Waals surface area contributed by atoms with Gasteiger partial charge in [-0.2, -0.15) is 0 Å². The van der Waals surface area contributed by atoms with E-state index in [-0.39, 0.29) is 0 Å². The highest BCUT2D eigenvalue weighted by molar-refractivity contribution is 9.10. The summed E-state index contributed by atoms with van der Waals surface area (Å²) in [4.78, 5) is 11.1. The van der Waals surface area contributed by atoms with Crippen LogP contribution < -0.4 is 10.2 Å². The molecule has 2 aromatic heterocycles. The maximum absolute atomic E-state index is 4.51. The number of aromatic nitrogens is 2. The summed E-state index contributed by atoms with van der Waals surface area (Å²) >= 11 is 5.15. The van der Waals surface area contributed by atoms with Crippen LogP contribution in [0, 0.1) is 6.92 Å². The quantitative estimate of drug-likeness (QED) is 0.908. The second kappa shape index (κ2) is 6.45. The topological polar surface area (TPSA) is 41.1 Å². The highest BCUT2D eigenvalue weighted by Gasteiger charge is 2.11. The van der Waals surface area contributed by atoms with Gasteiger partial charge in [-0.05, 0) is 36.0 Å². The van der Waals surface area contributed by atoms with Gasteiger partial charge in [0.15, 0.2) is 0 Å². The summed E-state index contributed by atoms with van der Waals surface area (Å²) in [5.41, 5.74) is 2.26. The molecule has 0 fully saturated rings. The van der Waals surface area contributed by atoms with E-state index in [1.165, 1.54) is 5.56 Å². The van der Waals surface area contributed by atoms with Crippen molar-refractivity contribution in [2.45, 2.75) is 20.0 Å². The molecule has 0 aliphatic heterocycles. The number of pyridine rings is 1. The lowest BCUT2D eigenvalue weighted by Gasteiger charge is -2.20. The van der Waals surface area contributed by atoms with Crippen LogP contribution in [0.15, 0.2) is 22.1 Å². The van der Waals surface area contributed by atoms with Crippen LogP contribution in [-0.4, -0.2) is 24.1 Å². The summed E-state index contributed by atoms with van der Waals surface area (Å²) < 4.78 is 0.999. The molecular weight excluding hydrogens is 324 g/mol. The summed E-state index contributed by atoms with van der Waals surface area (Å²) in [6.45, 7) is 3.59. The lowest BCUT2D eigenvalue weighted by atomic mass is 10.2. The molecule has 0 radical (unpaired) electrons. The summed E-state index contributed by atoms with van der Waals surface area (Å²) in [6, 6.07) is 2.10. The van der Waals surface area contributed by atoms with Crippen molar-refractivity contribution in [3.63, 3.8) is 0 Å². The van der Waals surface area contributed by atoms with Gasteiger partial charge in [0, 0.05) is 35.2 Å². The molecule has 0 saturated carbocycles. The van der Waals surface area contributed by atoms with Gasteiger partial charge in [-0.25, -0.2) is 9.97 Å². The number of aryl methyl sites for hydroxylation is 1. The number of rotatable bonds is 5. The molecule has 0 aliphatic rings. The zero-order valence-electron chi connectivity index (χ0n) is 11.3. The zero-order valence-corrected chi connectivity index (χ0v) is 13.7. The lowest BCUT2D eigenvalue weighted by molar-refractivity contribution is 0.790. The Hall–Kier alpha value is -0.980. The summed E-state index contributed by atoms with van der Waals surface area (Å²) in [7, 11) is 3.98. The number of hydrogen-bond donors (Lipinski definition) is 1. The molecule has 0 aliphatic carbocycles. The van der Waals surface area contributed by atoms with Crippen LogP contribution in [0.3, 0.4) is 0 Å². The minimum absolute atomic E-state index is 0.773. The Kier molecular flexibility index (Phi) is 4.90. The zero-order chi connectivity index (χ0) is 13.8. The predicted octanol–water partition coefficient (Wildman–Crippen LogP) is 2.96. The monoisotopic (exact) mass is 340 g/mol. The van der Waals surface area contributed by atoms with Gasteiger partial charge in [-0.15, -0.1) is 11.3 Å². The third kappa shape index (κ3) is 3.75. The van der Waals surface area contributed by atoms with Gasteiger partial charge in [0.2, 0.25) is 0 Å². The second-order valence-electron chi connectivity index (χ2n) is 4.38. The van der Waals surface area contributed by atoms with Crippen LogP contribution in [-0.2, 0) is 13.1 Å². The highest BCUT2D eigenvalue weighted by atomic mass is 79.9. The van der Waals surface area contributed by atoms with E-state index in [0.29, 0.717) is 0 Å². The van der Waals surface area contributed by atoms with Crippen LogP contribution in [0.5, 0.6) is 0 Å². The first kappa shape index (κ1) is 14.4. The van der Waals surface area contributed by atoms with E-state index in [9.17, 15) is 0 Å². The Balaban J connectivity index is 2.20. The van der Waals surface area contributed by atoms with Crippen LogP contribution >= 0.6 is 27.3 Å². The van der Waals surface area contributed by atoms with Gasteiger partial charge in [0.05, 0.1) is 17.2 Å². The molecular formula is C13H17BrN4S. The molecule has 0 atom stereocenters. The van der Waals surface area contributed by atoms with E-state index in [0.717, 1.165) is 34.1 Å². The molecule has 0 amide bonds. The maximum Gasteiger partial charge on any atom is 0.133 e.